The van der Waals surface area contributed by atoms with Crippen molar-refractivity contribution in [2.75, 3.05) is 26.5 Å². The van der Waals surface area contributed by atoms with Crippen LogP contribution < -0.4 is 4.74 Å². The first-order valence-corrected chi connectivity index (χ1v) is 10.7. The van der Waals surface area contributed by atoms with Crippen molar-refractivity contribution < 1.29 is 18.3 Å². The van der Waals surface area contributed by atoms with E-state index in [0.29, 0.717) is 24.5 Å². The molecule has 0 bridgehead atoms. The van der Waals surface area contributed by atoms with Gasteiger partial charge in [0.15, 0.2) is 25.5 Å². The van der Waals surface area contributed by atoms with Crippen LogP contribution in [0.2, 0.25) is 0 Å². The fourth-order valence-corrected chi connectivity index (χ4v) is 4.95. The molecule has 136 valence electrons. The lowest BCUT2D eigenvalue weighted by Gasteiger charge is -2.32. The van der Waals surface area contributed by atoms with Gasteiger partial charge in [-0.2, -0.15) is 0 Å². The summed E-state index contributed by atoms with van der Waals surface area (Å²) < 4.78 is 33.1. The van der Waals surface area contributed by atoms with E-state index in [4.69, 9.17) is 4.74 Å². The number of phenolic OH excluding ortho intramolecular Hbond substituents is 1. The van der Waals surface area contributed by atoms with E-state index < -0.39 is 9.84 Å². The van der Waals surface area contributed by atoms with Gasteiger partial charge in [0.05, 0.1) is 12.8 Å². The molecular formula is C16H21N3O4S2. The van der Waals surface area contributed by atoms with Crippen molar-refractivity contribution in [3.8, 4) is 11.5 Å². The number of phenols is 1. The minimum absolute atomic E-state index is 0.0324. The molecule has 2 aromatic rings. The normalized spacial score (nSPS) is 19.0. The number of hydrogen-bond donors (Lipinski definition) is 1. The van der Waals surface area contributed by atoms with Gasteiger partial charge in [-0.05, 0) is 25.5 Å². The topological polar surface area (TPSA) is 92.6 Å². The summed E-state index contributed by atoms with van der Waals surface area (Å²) in [6.07, 6.45) is 3.02. The third kappa shape index (κ3) is 3.94. The zero-order valence-electron chi connectivity index (χ0n) is 14.2. The lowest BCUT2D eigenvalue weighted by molar-refractivity contribution is 0.195. The summed E-state index contributed by atoms with van der Waals surface area (Å²) in [6.45, 7) is 2.15. The van der Waals surface area contributed by atoms with Crippen molar-refractivity contribution in [1.29, 1.82) is 0 Å². The van der Waals surface area contributed by atoms with Crippen LogP contribution in [0.15, 0.2) is 22.4 Å². The number of ether oxygens (including phenoxy) is 1. The minimum Gasteiger partial charge on any atom is -0.504 e. The maximum Gasteiger partial charge on any atom is 0.188 e. The number of rotatable bonds is 5. The van der Waals surface area contributed by atoms with Crippen LogP contribution in [-0.4, -0.2) is 54.5 Å². The standard InChI is InChI=1S/C16H21N3O4S2/c1-23-13-7-3-5-12(15(13)20)10-19-8-4-6-11(9-19)14-16(24-18-17-14)25(2,21)22/h3,5,7,11,20H,4,6,8-10H2,1-2H3/t11-/m1/s1. The van der Waals surface area contributed by atoms with E-state index in [9.17, 15) is 13.5 Å². The Balaban J connectivity index is 1.78. The van der Waals surface area contributed by atoms with Crippen molar-refractivity contribution in [2.45, 2.75) is 29.5 Å². The molecule has 0 radical (unpaired) electrons. The molecule has 1 saturated heterocycles. The first kappa shape index (κ1) is 18.1. The number of benzene rings is 1. The first-order chi connectivity index (χ1) is 11.9. The summed E-state index contributed by atoms with van der Waals surface area (Å²) in [4.78, 5) is 2.20. The second-order valence-electron chi connectivity index (χ2n) is 6.26. The molecule has 0 saturated carbocycles. The van der Waals surface area contributed by atoms with Crippen molar-refractivity contribution >= 4 is 21.4 Å². The minimum atomic E-state index is -3.31. The molecule has 1 aromatic heterocycles. The maximum atomic E-state index is 11.9. The van der Waals surface area contributed by atoms with Crippen molar-refractivity contribution in [2.24, 2.45) is 0 Å². The number of aromatic hydroxyl groups is 1. The number of piperidine rings is 1. The molecule has 9 heteroatoms. The number of nitrogens with zero attached hydrogens (tertiary/aromatic N) is 3. The van der Waals surface area contributed by atoms with Crippen molar-refractivity contribution in [3.05, 3.63) is 29.5 Å². The van der Waals surface area contributed by atoms with Gasteiger partial charge in [-0.1, -0.05) is 16.6 Å². The first-order valence-electron chi connectivity index (χ1n) is 7.99. The van der Waals surface area contributed by atoms with Crippen molar-refractivity contribution in [1.82, 2.24) is 14.5 Å². The lowest BCUT2D eigenvalue weighted by atomic mass is 9.95. The second kappa shape index (κ2) is 7.27. The molecule has 1 aliphatic heterocycles. The molecule has 2 heterocycles. The molecule has 1 fully saturated rings. The van der Waals surface area contributed by atoms with Gasteiger partial charge >= 0.3 is 0 Å². The fourth-order valence-electron chi connectivity index (χ4n) is 3.22. The SMILES string of the molecule is COc1cccc(CN2CCC[C@@H](c3nnsc3S(C)(=O)=O)C2)c1O. The summed E-state index contributed by atoms with van der Waals surface area (Å²) in [6, 6.07) is 5.44. The Morgan fingerprint density at radius 3 is 2.96 bits per heavy atom. The number of para-hydroxylation sites is 1. The Kier molecular flexibility index (Phi) is 5.26. The molecule has 0 amide bonds. The number of sulfone groups is 1. The lowest BCUT2D eigenvalue weighted by Crippen LogP contribution is -2.34. The van der Waals surface area contributed by atoms with Crippen LogP contribution in [-0.2, 0) is 16.4 Å². The summed E-state index contributed by atoms with van der Waals surface area (Å²) >= 11 is 0.939. The van der Waals surface area contributed by atoms with Gasteiger partial charge < -0.3 is 9.84 Å². The Hall–Kier alpha value is -1.71. The Bertz CT molecular complexity index is 851. The Morgan fingerprint density at radius 2 is 2.24 bits per heavy atom. The largest absolute Gasteiger partial charge is 0.504 e. The van der Waals surface area contributed by atoms with Gasteiger partial charge in [-0.15, -0.1) is 5.10 Å². The molecule has 0 aliphatic carbocycles. The predicted octanol–water partition coefficient (Wildman–Crippen LogP) is 2.04. The average molecular weight is 383 g/mol. The van der Waals surface area contributed by atoms with Crippen LogP contribution in [0.25, 0.3) is 0 Å². The molecule has 1 aromatic carbocycles. The van der Waals surface area contributed by atoms with Crippen LogP contribution in [0.4, 0.5) is 0 Å². The quantitative estimate of drug-likeness (QED) is 0.844. The van der Waals surface area contributed by atoms with E-state index in [0.717, 1.165) is 36.5 Å². The monoisotopic (exact) mass is 383 g/mol. The molecule has 25 heavy (non-hydrogen) atoms. The highest BCUT2D eigenvalue weighted by Crippen LogP contribution is 2.34. The van der Waals surface area contributed by atoms with Gasteiger partial charge in [0, 0.05) is 42.4 Å². The van der Waals surface area contributed by atoms with Gasteiger partial charge in [0.25, 0.3) is 0 Å². The summed E-state index contributed by atoms with van der Waals surface area (Å²) in [7, 11) is -1.79. The smallest absolute Gasteiger partial charge is 0.188 e. The van der Waals surface area contributed by atoms with E-state index in [-0.39, 0.29) is 15.9 Å². The van der Waals surface area contributed by atoms with E-state index in [1.54, 1.807) is 6.07 Å². The number of methoxy groups -OCH3 is 1. The fraction of sp³-hybridized carbons (Fsp3) is 0.500. The molecule has 7 nitrogen and oxygen atoms in total. The van der Waals surface area contributed by atoms with Gasteiger partial charge in [0.1, 0.15) is 0 Å². The van der Waals surface area contributed by atoms with E-state index >= 15 is 0 Å². The van der Waals surface area contributed by atoms with Gasteiger partial charge in [-0.25, -0.2) is 8.42 Å². The third-order valence-electron chi connectivity index (χ3n) is 4.41. The Morgan fingerprint density at radius 1 is 1.44 bits per heavy atom. The Labute approximate surface area is 151 Å². The molecule has 0 spiro atoms. The highest BCUT2D eigenvalue weighted by molar-refractivity contribution is 7.92. The number of aromatic nitrogens is 2. The van der Waals surface area contributed by atoms with Crippen LogP contribution in [0.5, 0.6) is 11.5 Å². The highest BCUT2D eigenvalue weighted by Gasteiger charge is 2.29. The summed E-state index contributed by atoms with van der Waals surface area (Å²) in [5.41, 5.74) is 1.37. The molecule has 1 N–H and O–H groups in total. The predicted molar refractivity (Wildman–Crippen MR) is 94.9 cm³/mol. The third-order valence-corrected chi connectivity index (χ3v) is 6.96. The summed E-state index contributed by atoms with van der Waals surface area (Å²) in [5, 5.41) is 14.4. The van der Waals surface area contributed by atoms with Crippen molar-refractivity contribution in [3.63, 3.8) is 0 Å². The second-order valence-corrected chi connectivity index (χ2v) is 9.23. The van der Waals surface area contributed by atoms with Gasteiger partial charge in [0.2, 0.25) is 0 Å². The average Bonchev–Trinajstić information content (AvgIpc) is 3.07. The van der Waals surface area contributed by atoms with Crippen LogP contribution in [0.1, 0.15) is 30.0 Å². The number of likely N-dealkylation sites (tertiary alicyclic amines) is 1. The zero-order valence-corrected chi connectivity index (χ0v) is 15.8. The molecule has 0 unspecified atom stereocenters. The molecule has 1 atom stereocenters. The molecule has 3 rings (SSSR count). The molecule has 1 aliphatic rings. The van der Waals surface area contributed by atoms with E-state index in [2.05, 4.69) is 14.5 Å². The van der Waals surface area contributed by atoms with Crippen LogP contribution in [0, 0.1) is 0 Å². The molecular weight excluding hydrogens is 362 g/mol. The highest BCUT2D eigenvalue weighted by atomic mass is 32.2. The maximum absolute atomic E-state index is 11.9. The number of hydrogen-bond acceptors (Lipinski definition) is 8. The zero-order chi connectivity index (χ0) is 18.0. The van der Waals surface area contributed by atoms with Crippen LogP contribution in [0.3, 0.4) is 0 Å². The van der Waals surface area contributed by atoms with E-state index in [1.807, 2.05) is 12.1 Å². The van der Waals surface area contributed by atoms with Crippen LogP contribution >= 0.6 is 11.5 Å². The summed E-state index contributed by atoms with van der Waals surface area (Å²) in [5.74, 6) is 0.637. The van der Waals surface area contributed by atoms with E-state index in [1.165, 1.54) is 13.4 Å². The van der Waals surface area contributed by atoms with Gasteiger partial charge in [-0.3, -0.25) is 4.90 Å².